The number of piperidine rings is 2. The van der Waals surface area contributed by atoms with E-state index >= 15 is 0 Å². The van der Waals surface area contributed by atoms with Gasteiger partial charge in [0.2, 0.25) is 0 Å². The fourth-order valence-electron chi connectivity index (χ4n) is 6.26. The lowest BCUT2D eigenvalue weighted by molar-refractivity contribution is 0.456. The number of hydrogen-bond donors (Lipinski definition) is 2. The SMILES string of the molecule is CC(C)(C)P(Cc1ccc(-c2ccccc2)cc1CP(C1CCCCN1)C1CCCCN1)C(C)(C)C. The standard InChI is InChI=1S/C32H50N2P2/c1-31(2,3)36(32(4,5)6)24-27-19-18-26(25-14-8-7-9-15-25)22-28(27)23-35(29-16-10-12-20-33-29)30-17-11-13-21-34-30/h7-9,14-15,18-19,22,29-30,33-34H,10-13,16-17,20-21,23-24H2,1-6H3. The van der Waals surface area contributed by atoms with E-state index in [9.17, 15) is 0 Å². The molecule has 2 aromatic carbocycles. The first-order chi connectivity index (χ1) is 17.1. The first kappa shape index (κ1) is 28.2. The third-order valence-corrected chi connectivity index (χ3v) is 15.1. The minimum Gasteiger partial charge on any atom is -0.310 e. The fourth-order valence-corrected chi connectivity index (χ4v) is 13.2. The molecule has 2 N–H and O–H groups in total. The lowest BCUT2D eigenvalue weighted by Crippen LogP contribution is -2.41. The molecule has 2 unspecified atom stereocenters. The van der Waals surface area contributed by atoms with Crippen LogP contribution in [0.1, 0.15) is 91.2 Å². The number of hydrogen-bond acceptors (Lipinski definition) is 2. The molecule has 198 valence electrons. The molecule has 2 heterocycles. The van der Waals surface area contributed by atoms with Gasteiger partial charge >= 0.3 is 0 Å². The second-order valence-corrected chi connectivity index (χ2v) is 19.3. The third-order valence-electron chi connectivity index (χ3n) is 7.98. The average molecular weight is 525 g/mol. The van der Waals surface area contributed by atoms with Gasteiger partial charge in [0.1, 0.15) is 0 Å². The molecule has 0 amide bonds. The highest BCUT2D eigenvalue weighted by Gasteiger charge is 2.36. The van der Waals surface area contributed by atoms with Gasteiger partial charge in [-0.1, -0.05) is 119 Å². The van der Waals surface area contributed by atoms with Crippen molar-refractivity contribution in [1.82, 2.24) is 10.6 Å². The van der Waals surface area contributed by atoms with Crippen molar-refractivity contribution in [2.75, 3.05) is 13.1 Å². The zero-order valence-corrected chi connectivity index (χ0v) is 25.5. The highest BCUT2D eigenvalue weighted by molar-refractivity contribution is 7.60. The van der Waals surface area contributed by atoms with Crippen LogP contribution >= 0.6 is 15.8 Å². The van der Waals surface area contributed by atoms with Crippen molar-refractivity contribution < 1.29 is 0 Å². The van der Waals surface area contributed by atoms with E-state index in [-0.39, 0.29) is 15.8 Å². The number of rotatable bonds is 7. The van der Waals surface area contributed by atoms with Crippen molar-refractivity contribution in [3.8, 4) is 11.1 Å². The van der Waals surface area contributed by atoms with Gasteiger partial charge in [0.25, 0.3) is 0 Å². The van der Waals surface area contributed by atoms with E-state index in [1.807, 2.05) is 0 Å². The van der Waals surface area contributed by atoms with Crippen LogP contribution in [0.25, 0.3) is 11.1 Å². The lowest BCUT2D eigenvalue weighted by atomic mass is 10.0. The minimum atomic E-state index is -0.177. The summed E-state index contributed by atoms with van der Waals surface area (Å²) in [7, 11) is -0.344. The molecule has 0 aromatic heterocycles. The average Bonchev–Trinajstić information content (AvgIpc) is 2.86. The second kappa shape index (κ2) is 12.4. The Labute approximate surface area is 224 Å². The van der Waals surface area contributed by atoms with Crippen LogP contribution < -0.4 is 10.6 Å². The van der Waals surface area contributed by atoms with E-state index in [0.29, 0.717) is 21.9 Å². The van der Waals surface area contributed by atoms with Gasteiger partial charge in [-0.2, -0.15) is 0 Å². The number of benzene rings is 2. The Bertz CT molecular complexity index is 916. The van der Waals surface area contributed by atoms with Crippen LogP contribution in [0, 0.1) is 0 Å². The molecule has 2 atom stereocenters. The van der Waals surface area contributed by atoms with Gasteiger partial charge in [-0.3, -0.25) is 0 Å². The van der Waals surface area contributed by atoms with E-state index in [0.717, 1.165) is 0 Å². The van der Waals surface area contributed by atoms with Crippen LogP contribution in [-0.2, 0) is 12.3 Å². The largest absolute Gasteiger partial charge is 0.310 e. The topological polar surface area (TPSA) is 24.1 Å². The maximum atomic E-state index is 3.98. The molecule has 4 rings (SSSR count). The summed E-state index contributed by atoms with van der Waals surface area (Å²) >= 11 is 0. The Morgan fingerprint density at radius 1 is 0.667 bits per heavy atom. The van der Waals surface area contributed by atoms with Crippen LogP contribution in [0.3, 0.4) is 0 Å². The summed E-state index contributed by atoms with van der Waals surface area (Å²) < 4.78 is 0. The van der Waals surface area contributed by atoms with E-state index < -0.39 is 0 Å². The first-order valence-corrected chi connectivity index (χ1v) is 17.5. The van der Waals surface area contributed by atoms with E-state index in [1.165, 1.54) is 75.1 Å². The molecule has 0 spiro atoms. The summed E-state index contributed by atoms with van der Waals surface area (Å²) in [4.78, 5) is 0. The second-order valence-electron chi connectivity index (χ2n) is 12.9. The van der Waals surface area contributed by atoms with Gasteiger partial charge in [-0.05, 0) is 83.7 Å². The zero-order chi connectivity index (χ0) is 25.8. The molecule has 2 aliphatic heterocycles. The Hall–Kier alpha value is -0.780. The fraction of sp³-hybridized carbons (Fsp3) is 0.625. The van der Waals surface area contributed by atoms with Gasteiger partial charge in [0.05, 0.1) is 0 Å². The van der Waals surface area contributed by atoms with Gasteiger partial charge in [-0.25, -0.2) is 0 Å². The van der Waals surface area contributed by atoms with Crippen LogP contribution in [0.2, 0.25) is 0 Å². The predicted molar refractivity (Wildman–Crippen MR) is 164 cm³/mol. The van der Waals surface area contributed by atoms with E-state index in [4.69, 9.17) is 0 Å². The molecule has 36 heavy (non-hydrogen) atoms. The Morgan fingerprint density at radius 3 is 1.75 bits per heavy atom. The van der Waals surface area contributed by atoms with Crippen molar-refractivity contribution in [1.29, 1.82) is 0 Å². The molecule has 2 saturated heterocycles. The molecule has 2 aliphatic rings. The normalized spacial score (nSPS) is 22.5. The molecule has 2 aromatic rings. The highest BCUT2D eigenvalue weighted by atomic mass is 31.1. The zero-order valence-electron chi connectivity index (χ0n) is 23.7. The Morgan fingerprint density at radius 2 is 1.25 bits per heavy atom. The van der Waals surface area contributed by atoms with Crippen LogP contribution in [0.4, 0.5) is 0 Å². The van der Waals surface area contributed by atoms with Gasteiger partial charge in [-0.15, -0.1) is 0 Å². The summed E-state index contributed by atoms with van der Waals surface area (Å²) in [6, 6.07) is 18.5. The van der Waals surface area contributed by atoms with E-state index in [2.05, 4.69) is 101 Å². The molecule has 0 aliphatic carbocycles. The summed E-state index contributed by atoms with van der Waals surface area (Å²) in [5.74, 6) is 1.40. The molecule has 4 heteroatoms. The van der Waals surface area contributed by atoms with Gasteiger partial charge < -0.3 is 10.6 Å². The first-order valence-electron chi connectivity index (χ1n) is 14.3. The van der Waals surface area contributed by atoms with Crippen LogP contribution in [0.5, 0.6) is 0 Å². The van der Waals surface area contributed by atoms with Crippen molar-refractivity contribution in [3.05, 3.63) is 59.7 Å². The molecule has 2 fully saturated rings. The van der Waals surface area contributed by atoms with Crippen LogP contribution in [-0.4, -0.2) is 35.0 Å². The Balaban J connectivity index is 1.72. The molecular weight excluding hydrogens is 474 g/mol. The summed E-state index contributed by atoms with van der Waals surface area (Å²) in [6.07, 6.45) is 10.6. The minimum absolute atomic E-state index is 0.167. The lowest BCUT2D eigenvalue weighted by Gasteiger charge is -2.43. The Kier molecular flexibility index (Phi) is 9.71. The molecule has 0 bridgehead atoms. The quantitative estimate of drug-likeness (QED) is 0.353. The molecule has 0 radical (unpaired) electrons. The third kappa shape index (κ3) is 7.41. The van der Waals surface area contributed by atoms with Crippen molar-refractivity contribution >= 4 is 15.8 Å². The monoisotopic (exact) mass is 524 g/mol. The summed E-state index contributed by atoms with van der Waals surface area (Å²) in [6.45, 7) is 17.2. The van der Waals surface area contributed by atoms with Crippen molar-refractivity contribution in [2.24, 2.45) is 0 Å². The number of nitrogens with one attached hydrogen (secondary N) is 2. The highest BCUT2D eigenvalue weighted by Crippen LogP contribution is 2.62. The predicted octanol–water partition coefficient (Wildman–Crippen LogP) is 9.11. The van der Waals surface area contributed by atoms with Gasteiger partial charge in [0, 0.05) is 11.6 Å². The summed E-state index contributed by atoms with van der Waals surface area (Å²) in [5.41, 5.74) is 5.97. The van der Waals surface area contributed by atoms with Crippen LogP contribution in [0.15, 0.2) is 48.5 Å². The smallest absolute Gasteiger partial charge is 0.0286 e. The maximum Gasteiger partial charge on any atom is 0.0286 e. The van der Waals surface area contributed by atoms with Crippen molar-refractivity contribution in [2.45, 2.75) is 114 Å². The molecule has 0 saturated carbocycles. The van der Waals surface area contributed by atoms with Gasteiger partial charge in [0.15, 0.2) is 0 Å². The summed E-state index contributed by atoms with van der Waals surface area (Å²) in [5, 5.41) is 8.64. The van der Waals surface area contributed by atoms with E-state index in [1.54, 1.807) is 11.1 Å². The molecular formula is C32H50N2P2. The maximum absolute atomic E-state index is 3.98. The molecule has 2 nitrogen and oxygen atoms in total. The van der Waals surface area contributed by atoms with Crippen molar-refractivity contribution in [3.63, 3.8) is 0 Å².